The normalized spacial score (nSPS) is 21.1. The van der Waals surface area contributed by atoms with Gasteiger partial charge in [-0.05, 0) is 83.4 Å². The maximum Gasteiger partial charge on any atom is 0.410 e. The minimum atomic E-state index is -3.96. The zero-order valence-electron chi connectivity index (χ0n) is 31.4. The number of amides is 5. The number of halogens is 1. The third-order valence-corrected chi connectivity index (χ3v) is 11.8. The van der Waals surface area contributed by atoms with E-state index in [1.807, 2.05) is 0 Å². The number of alkyl carbamates (subject to hydrolysis) is 1. The number of carbonyl (C=O) groups is 6. The van der Waals surface area contributed by atoms with Gasteiger partial charge in [-0.15, -0.1) is 0 Å². The summed E-state index contributed by atoms with van der Waals surface area (Å²) in [5, 5.41) is 4.52. The van der Waals surface area contributed by atoms with Crippen molar-refractivity contribution in [3.05, 3.63) is 46.8 Å². The van der Waals surface area contributed by atoms with Gasteiger partial charge in [0.2, 0.25) is 21.8 Å². The van der Waals surface area contributed by atoms with Crippen molar-refractivity contribution in [3.63, 3.8) is 0 Å². The molecule has 0 spiro atoms. The number of sulfonamides is 1. The van der Waals surface area contributed by atoms with Crippen molar-refractivity contribution in [1.29, 1.82) is 0 Å². The van der Waals surface area contributed by atoms with Gasteiger partial charge in [-0.3, -0.25) is 28.8 Å². The average molecular weight is 776 g/mol. The number of nitrogens with one attached hydrogen (secondary N) is 3. The van der Waals surface area contributed by atoms with Crippen LogP contribution >= 0.6 is 0 Å². The molecule has 2 aliphatic carbocycles. The smallest absolute Gasteiger partial charge is 0.410 e. The van der Waals surface area contributed by atoms with Gasteiger partial charge in [-0.2, -0.15) is 0 Å². The molecule has 5 amide bonds. The third kappa shape index (κ3) is 9.76. The molecule has 1 aromatic carbocycles. The minimum absolute atomic E-state index is 0.0410. The fourth-order valence-electron chi connectivity index (χ4n) is 6.78. The number of Topliss-reactive ketones (excluding diaryl/α,β-unsaturated/α-hetero) is 1. The van der Waals surface area contributed by atoms with E-state index in [2.05, 4.69) is 15.4 Å². The van der Waals surface area contributed by atoms with Gasteiger partial charge in [-0.25, -0.2) is 22.4 Å². The van der Waals surface area contributed by atoms with Crippen molar-refractivity contribution >= 4 is 45.7 Å². The first-order chi connectivity index (χ1) is 25.3. The summed E-state index contributed by atoms with van der Waals surface area (Å²) < 4.78 is 53.0. The maximum atomic E-state index is 14.4. The van der Waals surface area contributed by atoms with Crippen molar-refractivity contribution in [2.24, 2.45) is 0 Å². The van der Waals surface area contributed by atoms with E-state index in [0.717, 1.165) is 11.3 Å². The zero-order chi connectivity index (χ0) is 39.6. The fraction of sp³-hybridized carbons (Fsp3) is 0.622. The number of likely N-dealkylation sites (tertiary alicyclic amines) is 1. The van der Waals surface area contributed by atoms with Crippen LogP contribution in [-0.4, -0.2) is 95.0 Å². The Morgan fingerprint density at radius 1 is 1.06 bits per heavy atom. The number of hydrogen-bond acceptors (Lipinski definition) is 10. The number of carbonyl (C=O) groups excluding carboxylic acids is 6. The molecule has 0 aromatic heterocycles. The van der Waals surface area contributed by atoms with Crippen LogP contribution < -0.4 is 15.4 Å². The van der Waals surface area contributed by atoms with Crippen LogP contribution in [0, 0.1) is 5.82 Å². The number of nitrogens with zero attached hydrogens (tertiary/aromatic N) is 2. The largest absolute Gasteiger partial charge is 0.444 e. The number of benzene rings is 1. The van der Waals surface area contributed by atoms with Crippen LogP contribution in [0.3, 0.4) is 0 Å². The van der Waals surface area contributed by atoms with E-state index in [1.54, 1.807) is 45.9 Å². The van der Waals surface area contributed by atoms with Crippen LogP contribution in [0.4, 0.5) is 14.0 Å². The molecule has 2 aliphatic heterocycles. The third-order valence-electron chi connectivity index (χ3n) is 9.96. The zero-order valence-corrected chi connectivity index (χ0v) is 32.2. The summed E-state index contributed by atoms with van der Waals surface area (Å²) in [7, 11) is -3.96. The van der Waals surface area contributed by atoms with E-state index in [4.69, 9.17) is 9.47 Å². The summed E-state index contributed by atoms with van der Waals surface area (Å²) in [6, 6.07) is 1.86. The molecule has 3 N–H and O–H groups in total. The van der Waals surface area contributed by atoms with E-state index in [-0.39, 0.29) is 51.1 Å². The quantitative estimate of drug-likeness (QED) is 0.252. The van der Waals surface area contributed by atoms with E-state index < -0.39 is 80.3 Å². The Kier molecular flexibility index (Phi) is 12.1. The average Bonchev–Trinajstić information content (AvgIpc) is 3.69. The lowest BCUT2D eigenvalue weighted by Gasteiger charge is -2.33. The predicted octanol–water partition coefficient (Wildman–Crippen LogP) is 3.49. The lowest BCUT2D eigenvalue weighted by molar-refractivity contribution is -0.142. The van der Waals surface area contributed by atoms with Gasteiger partial charge >= 0.3 is 12.2 Å². The van der Waals surface area contributed by atoms with E-state index >= 15 is 0 Å². The standard InChI is InChI=1S/C37H50FN5O10S/c1-6-17-37(5,33(47)41-54(50,51)25-13-14-25)40-31(45)29-18-24(52-35(49)42-19-23-11-8-12-27(38)26(23)21-42)20-43(29)32(46)28(39-34(48)53-36(2,3)4)15-16-30(44)22-9-7-10-22/h8-9,11-12,24-25,28-29H,6-7,10,13-21H2,1-5H3,(H,39,48)(H,40,45)(H,41,47)/t24-,28+,29+,37-/m1/s1. The molecule has 1 saturated heterocycles. The van der Waals surface area contributed by atoms with Crippen molar-refractivity contribution in [2.45, 2.75) is 140 Å². The Bertz CT molecular complexity index is 1820. The van der Waals surface area contributed by atoms with Crippen molar-refractivity contribution < 1.29 is 51.0 Å². The Balaban J connectivity index is 1.39. The number of ether oxygens (including phenoxy) is 2. The first-order valence-electron chi connectivity index (χ1n) is 18.4. The number of fused-ring (bicyclic) bond motifs is 1. The van der Waals surface area contributed by atoms with Gasteiger partial charge in [0.05, 0.1) is 18.3 Å². The summed E-state index contributed by atoms with van der Waals surface area (Å²) in [5.41, 5.74) is -1.03. The second kappa shape index (κ2) is 16.1. The molecule has 296 valence electrons. The SMILES string of the molecule is CCC[C@@](C)(NC(=O)[C@@H]1C[C@@H](OC(=O)N2Cc3cccc(F)c3C2)CN1C(=O)[C@H](CCC(=O)C1=CCC1)NC(=O)OC(C)(C)C)C(=O)NS(=O)(=O)C1CC1. The molecule has 2 heterocycles. The summed E-state index contributed by atoms with van der Waals surface area (Å²) in [5.74, 6) is -3.16. The van der Waals surface area contributed by atoms with Crippen LogP contribution in [-0.2, 0) is 51.8 Å². The second-order valence-electron chi connectivity index (χ2n) is 15.7. The van der Waals surface area contributed by atoms with Gasteiger partial charge < -0.3 is 25.0 Å². The Morgan fingerprint density at radius 3 is 2.35 bits per heavy atom. The lowest BCUT2D eigenvalue weighted by Crippen LogP contribution is -2.62. The number of ketones is 1. The van der Waals surface area contributed by atoms with Crippen molar-refractivity contribution in [1.82, 2.24) is 25.2 Å². The Labute approximate surface area is 314 Å². The molecular weight excluding hydrogens is 725 g/mol. The van der Waals surface area contributed by atoms with Crippen LogP contribution in [0.5, 0.6) is 0 Å². The molecule has 4 atom stereocenters. The molecule has 17 heteroatoms. The first kappa shape index (κ1) is 40.6. The molecule has 0 radical (unpaired) electrons. The van der Waals surface area contributed by atoms with Gasteiger partial charge in [-0.1, -0.05) is 31.6 Å². The summed E-state index contributed by atoms with van der Waals surface area (Å²) in [6.07, 6.45) is 1.24. The Morgan fingerprint density at radius 2 is 1.76 bits per heavy atom. The Hall–Kier alpha value is -4.54. The number of allylic oxidation sites excluding steroid dienone is 2. The minimum Gasteiger partial charge on any atom is -0.444 e. The predicted molar refractivity (Wildman–Crippen MR) is 192 cm³/mol. The van der Waals surface area contributed by atoms with Gasteiger partial charge in [0.1, 0.15) is 35.1 Å². The summed E-state index contributed by atoms with van der Waals surface area (Å²) in [6.45, 7) is 7.82. The van der Waals surface area contributed by atoms with Gasteiger partial charge in [0, 0.05) is 24.9 Å². The van der Waals surface area contributed by atoms with E-state index in [0.29, 0.717) is 42.4 Å². The van der Waals surface area contributed by atoms with Crippen molar-refractivity contribution in [2.75, 3.05) is 6.54 Å². The number of hydrogen-bond donors (Lipinski definition) is 3. The van der Waals surface area contributed by atoms with Gasteiger partial charge in [0.25, 0.3) is 5.91 Å². The molecule has 1 aromatic rings. The highest BCUT2D eigenvalue weighted by atomic mass is 32.2. The maximum absolute atomic E-state index is 14.4. The van der Waals surface area contributed by atoms with Crippen LogP contribution in [0.25, 0.3) is 0 Å². The molecule has 0 unspecified atom stereocenters. The van der Waals surface area contributed by atoms with Crippen LogP contribution in [0.1, 0.15) is 104 Å². The highest BCUT2D eigenvalue weighted by Gasteiger charge is 2.48. The van der Waals surface area contributed by atoms with Gasteiger partial charge in [0.15, 0.2) is 5.78 Å². The van der Waals surface area contributed by atoms with E-state index in [9.17, 15) is 41.6 Å². The topological polar surface area (TPSA) is 198 Å². The summed E-state index contributed by atoms with van der Waals surface area (Å²) in [4.78, 5) is 83.6. The molecule has 2 fully saturated rings. The van der Waals surface area contributed by atoms with Crippen LogP contribution in [0.2, 0.25) is 0 Å². The first-order valence-corrected chi connectivity index (χ1v) is 20.0. The molecular formula is C37H50FN5O10S. The molecule has 4 aliphatic rings. The lowest BCUT2D eigenvalue weighted by atomic mass is 9.92. The van der Waals surface area contributed by atoms with E-state index in [1.165, 1.54) is 17.9 Å². The molecule has 15 nitrogen and oxygen atoms in total. The molecule has 5 rings (SSSR count). The number of rotatable bonds is 14. The van der Waals surface area contributed by atoms with Crippen LogP contribution in [0.15, 0.2) is 29.8 Å². The monoisotopic (exact) mass is 775 g/mol. The fourth-order valence-corrected chi connectivity index (χ4v) is 8.19. The molecule has 1 saturated carbocycles. The highest BCUT2D eigenvalue weighted by Crippen LogP contribution is 2.31. The molecule has 0 bridgehead atoms. The highest BCUT2D eigenvalue weighted by molar-refractivity contribution is 7.91. The molecule has 54 heavy (non-hydrogen) atoms. The second-order valence-corrected chi connectivity index (χ2v) is 17.6. The summed E-state index contributed by atoms with van der Waals surface area (Å²) >= 11 is 0. The van der Waals surface area contributed by atoms with Crippen molar-refractivity contribution in [3.8, 4) is 0 Å².